The summed E-state index contributed by atoms with van der Waals surface area (Å²) < 4.78 is 5.98. The Kier molecular flexibility index (Phi) is 11.0. The van der Waals surface area contributed by atoms with Gasteiger partial charge in [-0.3, -0.25) is 4.99 Å². The number of rotatable bonds is 13. The molecule has 3 rings (SSSR count). The van der Waals surface area contributed by atoms with Crippen LogP contribution < -0.4 is 0 Å². The van der Waals surface area contributed by atoms with E-state index in [9.17, 15) is 5.11 Å². The summed E-state index contributed by atoms with van der Waals surface area (Å²) in [5.41, 5.74) is 6.29. The van der Waals surface area contributed by atoms with Crippen molar-refractivity contribution in [3.63, 3.8) is 0 Å². The summed E-state index contributed by atoms with van der Waals surface area (Å²) in [6.45, 7) is 13.0. The zero-order valence-electron chi connectivity index (χ0n) is 23.5. The van der Waals surface area contributed by atoms with Crippen molar-refractivity contribution in [2.75, 3.05) is 0 Å². The van der Waals surface area contributed by atoms with E-state index in [0.717, 1.165) is 31.4 Å². The molecule has 2 aromatic carbocycles. The van der Waals surface area contributed by atoms with Gasteiger partial charge in [-0.1, -0.05) is 90.1 Å². The van der Waals surface area contributed by atoms with Crippen molar-refractivity contribution in [3.05, 3.63) is 101 Å². The highest BCUT2D eigenvalue weighted by atomic mass is 16.5. The standard InChI is InChI=1S/C34H45NO2/c1-7-27-11-13-29(14-12-27)31-21-34(35-23-31)30-10-8-9-28(20-30)19-26(6)15-16-37-33(18-25(4)5)22-32(36)17-24(2)3/h8-16,20-26,32,34,36H,7,17-19H2,1-6H3/b16-15+,33-22-. The summed E-state index contributed by atoms with van der Waals surface area (Å²) in [5.74, 6) is 2.09. The van der Waals surface area contributed by atoms with Gasteiger partial charge < -0.3 is 9.84 Å². The number of aliphatic hydroxyl groups excluding tert-OH is 1. The van der Waals surface area contributed by atoms with Crippen molar-refractivity contribution < 1.29 is 9.84 Å². The third-order valence-corrected chi connectivity index (χ3v) is 6.58. The van der Waals surface area contributed by atoms with Gasteiger partial charge in [0.1, 0.15) is 5.76 Å². The first kappa shape index (κ1) is 28.7. The summed E-state index contributed by atoms with van der Waals surface area (Å²) >= 11 is 0. The molecule has 1 heterocycles. The summed E-state index contributed by atoms with van der Waals surface area (Å²) in [5, 5.41) is 10.3. The van der Waals surface area contributed by atoms with Crippen molar-refractivity contribution in [2.45, 2.75) is 79.4 Å². The largest absolute Gasteiger partial charge is 0.470 e. The summed E-state index contributed by atoms with van der Waals surface area (Å²) in [7, 11) is 0. The number of hydrogen-bond acceptors (Lipinski definition) is 3. The Bertz CT molecular complexity index is 1100. The van der Waals surface area contributed by atoms with Gasteiger partial charge in [-0.25, -0.2) is 0 Å². The maximum atomic E-state index is 10.3. The van der Waals surface area contributed by atoms with Gasteiger partial charge in [0.15, 0.2) is 0 Å². The molecule has 0 saturated heterocycles. The molecule has 0 bridgehead atoms. The Labute approximate surface area is 224 Å². The molecular weight excluding hydrogens is 454 g/mol. The zero-order valence-corrected chi connectivity index (χ0v) is 23.5. The van der Waals surface area contributed by atoms with E-state index >= 15 is 0 Å². The van der Waals surface area contributed by atoms with Crippen LogP contribution in [0.4, 0.5) is 0 Å². The topological polar surface area (TPSA) is 41.8 Å². The second-order valence-corrected chi connectivity index (χ2v) is 11.2. The van der Waals surface area contributed by atoms with Crippen LogP contribution >= 0.6 is 0 Å². The quantitative estimate of drug-likeness (QED) is 0.281. The Morgan fingerprint density at radius 1 is 1.00 bits per heavy atom. The van der Waals surface area contributed by atoms with Gasteiger partial charge >= 0.3 is 0 Å². The smallest absolute Gasteiger partial charge is 0.102 e. The number of ether oxygens (including phenoxy) is 1. The molecule has 3 nitrogen and oxygen atoms in total. The lowest BCUT2D eigenvalue weighted by Crippen LogP contribution is -2.09. The van der Waals surface area contributed by atoms with Crippen LogP contribution in [-0.2, 0) is 17.6 Å². The molecule has 0 radical (unpaired) electrons. The summed E-state index contributed by atoms with van der Waals surface area (Å²) in [6, 6.07) is 17.6. The molecule has 0 aliphatic carbocycles. The van der Waals surface area contributed by atoms with E-state index < -0.39 is 6.10 Å². The molecule has 0 aromatic heterocycles. The molecule has 1 aliphatic heterocycles. The van der Waals surface area contributed by atoms with Crippen LogP contribution in [0.2, 0.25) is 0 Å². The second kappa shape index (κ2) is 14.1. The molecule has 1 N–H and O–H groups in total. The number of benzene rings is 2. The van der Waals surface area contributed by atoms with Crippen molar-refractivity contribution >= 4 is 11.8 Å². The van der Waals surface area contributed by atoms with Crippen LogP contribution in [0, 0.1) is 17.8 Å². The van der Waals surface area contributed by atoms with Crippen LogP contribution in [0.1, 0.15) is 82.7 Å². The van der Waals surface area contributed by atoms with Crippen LogP contribution in [0.5, 0.6) is 0 Å². The van der Waals surface area contributed by atoms with E-state index in [1.807, 2.05) is 12.3 Å². The van der Waals surface area contributed by atoms with Crippen molar-refractivity contribution in [1.82, 2.24) is 0 Å². The van der Waals surface area contributed by atoms with Crippen molar-refractivity contribution in [2.24, 2.45) is 22.7 Å². The highest BCUT2D eigenvalue weighted by Gasteiger charge is 2.15. The van der Waals surface area contributed by atoms with E-state index in [-0.39, 0.29) is 6.04 Å². The first-order valence-corrected chi connectivity index (χ1v) is 13.9. The van der Waals surface area contributed by atoms with Crippen LogP contribution in [-0.4, -0.2) is 17.4 Å². The molecular formula is C34H45NO2. The highest BCUT2D eigenvalue weighted by molar-refractivity contribution is 6.11. The fraction of sp³-hybridized carbons (Fsp3) is 0.441. The monoisotopic (exact) mass is 499 g/mol. The van der Waals surface area contributed by atoms with Gasteiger partial charge in [-0.15, -0.1) is 0 Å². The minimum atomic E-state index is -0.467. The fourth-order valence-electron chi connectivity index (χ4n) is 4.63. The first-order valence-electron chi connectivity index (χ1n) is 13.9. The third-order valence-electron chi connectivity index (χ3n) is 6.58. The molecule has 0 spiro atoms. The lowest BCUT2D eigenvalue weighted by atomic mass is 9.96. The van der Waals surface area contributed by atoms with E-state index in [2.05, 4.69) is 102 Å². The molecule has 0 saturated carbocycles. The molecule has 37 heavy (non-hydrogen) atoms. The predicted molar refractivity (Wildman–Crippen MR) is 158 cm³/mol. The van der Waals surface area contributed by atoms with Crippen molar-refractivity contribution in [3.8, 4) is 0 Å². The van der Waals surface area contributed by atoms with Gasteiger partial charge in [0.2, 0.25) is 0 Å². The van der Waals surface area contributed by atoms with Gasteiger partial charge in [0.05, 0.1) is 18.4 Å². The van der Waals surface area contributed by atoms with Gasteiger partial charge in [0.25, 0.3) is 0 Å². The molecule has 0 amide bonds. The lowest BCUT2D eigenvalue weighted by Gasteiger charge is -2.14. The molecule has 0 fully saturated rings. The maximum Gasteiger partial charge on any atom is 0.102 e. The van der Waals surface area contributed by atoms with Crippen LogP contribution in [0.3, 0.4) is 0 Å². The summed E-state index contributed by atoms with van der Waals surface area (Å²) in [4.78, 5) is 4.78. The minimum absolute atomic E-state index is 0.0657. The number of aliphatic hydroxyl groups is 1. The highest BCUT2D eigenvalue weighted by Crippen LogP contribution is 2.30. The second-order valence-electron chi connectivity index (χ2n) is 11.2. The number of allylic oxidation sites excluding steroid dienone is 3. The van der Waals surface area contributed by atoms with Gasteiger partial charge in [-0.2, -0.15) is 0 Å². The van der Waals surface area contributed by atoms with Gasteiger partial charge in [0, 0.05) is 12.6 Å². The first-order chi connectivity index (χ1) is 17.7. The molecule has 1 aliphatic rings. The number of aliphatic imine (C=N–C) groups is 1. The van der Waals surface area contributed by atoms with E-state index in [1.165, 1.54) is 27.8 Å². The van der Waals surface area contributed by atoms with E-state index in [0.29, 0.717) is 17.8 Å². The molecule has 2 aromatic rings. The third kappa shape index (κ3) is 9.48. The number of hydrogen-bond donors (Lipinski definition) is 1. The SMILES string of the molecule is CCc1ccc(C2=CC(c3cccc(CC(C)/C=C/O/C(=C\C(O)CC(C)C)CC(C)C)c3)N=C2)cc1. The normalized spacial score (nSPS) is 17.6. The average Bonchev–Trinajstić information content (AvgIpc) is 3.34. The molecule has 3 heteroatoms. The van der Waals surface area contributed by atoms with Crippen molar-refractivity contribution in [1.29, 1.82) is 0 Å². The Balaban J connectivity index is 1.60. The molecule has 198 valence electrons. The number of aryl methyl sites for hydroxylation is 1. The van der Waals surface area contributed by atoms with Crippen LogP contribution in [0.25, 0.3) is 5.57 Å². The average molecular weight is 500 g/mol. The zero-order chi connectivity index (χ0) is 26.8. The maximum absolute atomic E-state index is 10.3. The van der Waals surface area contributed by atoms with E-state index in [1.54, 1.807) is 6.26 Å². The Hall–Kier alpha value is -2.91. The molecule has 3 unspecified atom stereocenters. The Morgan fingerprint density at radius 2 is 1.76 bits per heavy atom. The molecule has 3 atom stereocenters. The van der Waals surface area contributed by atoms with E-state index in [4.69, 9.17) is 9.73 Å². The summed E-state index contributed by atoms with van der Waals surface area (Å²) in [6.07, 6.45) is 13.1. The Morgan fingerprint density at radius 3 is 2.43 bits per heavy atom. The van der Waals surface area contributed by atoms with Crippen LogP contribution in [0.15, 0.2) is 83.8 Å². The number of nitrogens with zero attached hydrogens (tertiary/aromatic N) is 1. The lowest BCUT2D eigenvalue weighted by molar-refractivity contribution is 0.186. The predicted octanol–water partition coefficient (Wildman–Crippen LogP) is 8.50. The minimum Gasteiger partial charge on any atom is -0.470 e. The fourth-order valence-corrected chi connectivity index (χ4v) is 4.63. The van der Waals surface area contributed by atoms with Gasteiger partial charge in [-0.05, 0) is 83.1 Å².